The van der Waals surface area contributed by atoms with E-state index in [-0.39, 0.29) is 23.1 Å². The summed E-state index contributed by atoms with van der Waals surface area (Å²) in [6.07, 6.45) is 4.56. The topological polar surface area (TPSA) is 44.5 Å². The summed E-state index contributed by atoms with van der Waals surface area (Å²) < 4.78 is 38.4. The number of benzene rings is 1. The van der Waals surface area contributed by atoms with Gasteiger partial charge in [0.25, 0.3) is 0 Å². The number of nitrogens with two attached hydrogens (primary N) is 1. The fourth-order valence-electron chi connectivity index (χ4n) is 2.82. The third-order valence-corrected chi connectivity index (χ3v) is 4.06. The minimum Gasteiger partial charge on any atom is -0.487 e. The molecule has 2 N–H and O–H groups in total. The number of hydrogen-bond donors (Lipinski definition) is 1. The minimum absolute atomic E-state index is 0.0620. The molecular formula is C14H17F2NO2. The second-order valence-corrected chi connectivity index (χ2v) is 5.42. The third-order valence-electron chi connectivity index (χ3n) is 4.06. The van der Waals surface area contributed by atoms with E-state index in [2.05, 4.69) is 0 Å². The number of hydrogen-bond acceptors (Lipinski definition) is 3. The molecule has 104 valence electrons. The second kappa shape index (κ2) is 4.63. The maximum atomic E-state index is 13.7. The summed E-state index contributed by atoms with van der Waals surface area (Å²) in [5.74, 6) is -1.33. The van der Waals surface area contributed by atoms with E-state index in [1.165, 1.54) is 0 Å². The van der Waals surface area contributed by atoms with E-state index in [0.29, 0.717) is 13.0 Å². The monoisotopic (exact) mass is 269 g/mol. The van der Waals surface area contributed by atoms with Gasteiger partial charge < -0.3 is 15.2 Å². The fourth-order valence-corrected chi connectivity index (χ4v) is 2.82. The van der Waals surface area contributed by atoms with Gasteiger partial charge in [0.2, 0.25) is 0 Å². The molecule has 1 unspecified atom stereocenters. The summed E-state index contributed by atoms with van der Waals surface area (Å²) in [4.78, 5) is 0. The standard InChI is InChI=1S/C14H17F2NO2/c15-10-7-13(11(16)6-12(10)17)19-9-2-5-18-14(8-9)3-1-4-14/h6-7,9H,1-5,8,17H2. The van der Waals surface area contributed by atoms with E-state index in [4.69, 9.17) is 15.2 Å². The van der Waals surface area contributed by atoms with Crippen LogP contribution in [0.25, 0.3) is 0 Å². The van der Waals surface area contributed by atoms with Crippen molar-refractivity contribution in [3.8, 4) is 5.75 Å². The zero-order valence-corrected chi connectivity index (χ0v) is 10.6. The Morgan fingerprint density at radius 3 is 2.74 bits per heavy atom. The normalized spacial score (nSPS) is 25.1. The Kier molecular flexibility index (Phi) is 3.09. The van der Waals surface area contributed by atoms with Crippen molar-refractivity contribution in [2.45, 2.75) is 43.8 Å². The van der Waals surface area contributed by atoms with Gasteiger partial charge in [0, 0.05) is 25.0 Å². The Labute approximate surface area is 110 Å². The highest BCUT2D eigenvalue weighted by atomic mass is 19.1. The molecule has 1 saturated heterocycles. The molecule has 1 aromatic rings. The van der Waals surface area contributed by atoms with E-state index in [1.54, 1.807) is 0 Å². The van der Waals surface area contributed by atoms with E-state index in [9.17, 15) is 8.78 Å². The molecule has 1 aromatic carbocycles. The number of nitrogen functional groups attached to an aromatic ring is 1. The molecule has 0 aromatic heterocycles. The van der Waals surface area contributed by atoms with Crippen molar-refractivity contribution in [2.75, 3.05) is 12.3 Å². The molecule has 2 fully saturated rings. The molecule has 1 aliphatic carbocycles. The van der Waals surface area contributed by atoms with Gasteiger partial charge in [-0.15, -0.1) is 0 Å². The Morgan fingerprint density at radius 2 is 2.05 bits per heavy atom. The number of rotatable bonds is 2. The molecule has 3 rings (SSSR count). The van der Waals surface area contributed by atoms with Crippen molar-refractivity contribution in [3.05, 3.63) is 23.8 Å². The Morgan fingerprint density at radius 1 is 1.26 bits per heavy atom. The van der Waals surface area contributed by atoms with Crippen molar-refractivity contribution in [1.82, 2.24) is 0 Å². The zero-order valence-electron chi connectivity index (χ0n) is 10.6. The van der Waals surface area contributed by atoms with Gasteiger partial charge >= 0.3 is 0 Å². The number of ether oxygens (including phenoxy) is 2. The van der Waals surface area contributed by atoms with Crippen LogP contribution in [0.3, 0.4) is 0 Å². The van der Waals surface area contributed by atoms with E-state index in [1.807, 2.05) is 0 Å². The highest BCUT2D eigenvalue weighted by Gasteiger charge is 2.43. The van der Waals surface area contributed by atoms with Gasteiger partial charge in [-0.05, 0) is 19.3 Å². The second-order valence-electron chi connectivity index (χ2n) is 5.42. The molecular weight excluding hydrogens is 252 g/mol. The van der Waals surface area contributed by atoms with Crippen LogP contribution in [-0.2, 0) is 4.74 Å². The van der Waals surface area contributed by atoms with Gasteiger partial charge in [-0.3, -0.25) is 0 Å². The lowest BCUT2D eigenvalue weighted by Gasteiger charge is -2.46. The van der Waals surface area contributed by atoms with Crippen LogP contribution in [0.4, 0.5) is 14.5 Å². The van der Waals surface area contributed by atoms with Crippen LogP contribution in [0.2, 0.25) is 0 Å². The van der Waals surface area contributed by atoms with E-state index in [0.717, 1.165) is 37.8 Å². The molecule has 1 atom stereocenters. The number of anilines is 1. The van der Waals surface area contributed by atoms with Gasteiger partial charge in [-0.1, -0.05) is 0 Å². The SMILES string of the molecule is Nc1cc(F)c(OC2CCOC3(CCC3)C2)cc1F. The summed E-state index contributed by atoms with van der Waals surface area (Å²) in [5.41, 5.74) is 5.03. The molecule has 0 bridgehead atoms. The lowest BCUT2D eigenvalue weighted by molar-refractivity contribution is -0.153. The Balaban J connectivity index is 1.72. The lowest BCUT2D eigenvalue weighted by atomic mass is 9.74. The molecule has 1 spiro atoms. The maximum Gasteiger partial charge on any atom is 0.167 e. The van der Waals surface area contributed by atoms with Gasteiger partial charge in [0.15, 0.2) is 11.6 Å². The summed E-state index contributed by atoms with van der Waals surface area (Å²) in [6.45, 7) is 0.615. The van der Waals surface area contributed by atoms with Crippen LogP contribution in [0.15, 0.2) is 12.1 Å². The van der Waals surface area contributed by atoms with E-state index >= 15 is 0 Å². The molecule has 0 radical (unpaired) electrons. The first-order valence-electron chi connectivity index (χ1n) is 6.63. The average molecular weight is 269 g/mol. The molecule has 19 heavy (non-hydrogen) atoms. The predicted molar refractivity (Wildman–Crippen MR) is 67.0 cm³/mol. The molecule has 0 amide bonds. The van der Waals surface area contributed by atoms with Crippen molar-refractivity contribution in [1.29, 1.82) is 0 Å². The van der Waals surface area contributed by atoms with Crippen molar-refractivity contribution in [2.24, 2.45) is 0 Å². The summed E-state index contributed by atoms with van der Waals surface area (Å²) in [5, 5.41) is 0. The minimum atomic E-state index is -0.651. The smallest absolute Gasteiger partial charge is 0.167 e. The van der Waals surface area contributed by atoms with E-state index < -0.39 is 11.6 Å². The molecule has 1 saturated carbocycles. The van der Waals surface area contributed by atoms with Crippen LogP contribution >= 0.6 is 0 Å². The highest BCUT2D eigenvalue weighted by Crippen LogP contribution is 2.43. The summed E-state index contributed by atoms with van der Waals surface area (Å²) in [6, 6.07) is 1.98. The van der Waals surface area contributed by atoms with Crippen molar-refractivity contribution >= 4 is 5.69 Å². The van der Waals surface area contributed by atoms with Gasteiger partial charge in [0.1, 0.15) is 11.9 Å². The van der Waals surface area contributed by atoms with Crippen LogP contribution < -0.4 is 10.5 Å². The maximum absolute atomic E-state index is 13.7. The van der Waals surface area contributed by atoms with Gasteiger partial charge in [-0.25, -0.2) is 8.78 Å². The van der Waals surface area contributed by atoms with Gasteiger partial charge in [-0.2, -0.15) is 0 Å². The molecule has 1 heterocycles. The highest BCUT2D eigenvalue weighted by molar-refractivity contribution is 5.44. The first kappa shape index (κ1) is 12.7. The van der Waals surface area contributed by atoms with Crippen LogP contribution in [0.5, 0.6) is 5.75 Å². The number of halogens is 2. The quantitative estimate of drug-likeness (QED) is 0.839. The van der Waals surface area contributed by atoms with Crippen LogP contribution in [0, 0.1) is 11.6 Å². The van der Waals surface area contributed by atoms with Gasteiger partial charge in [0.05, 0.1) is 17.9 Å². The Hall–Kier alpha value is -1.36. The lowest BCUT2D eigenvalue weighted by Crippen LogP contribution is -2.48. The van der Waals surface area contributed by atoms with Crippen molar-refractivity contribution in [3.63, 3.8) is 0 Å². The first-order valence-corrected chi connectivity index (χ1v) is 6.63. The fraction of sp³-hybridized carbons (Fsp3) is 0.571. The average Bonchev–Trinajstić information content (AvgIpc) is 2.34. The third kappa shape index (κ3) is 2.39. The summed E-state index contributed by atoms with van der Waals surface area (Å²) in [7, 11) is 0. The van der Waals surface area contributed by atoms with Crippen LogP contribution in [-0.4, -0.2) is 18.3 Å². The van der Waals surface area contributed by atoms with Crippen LogP contribution in [0.1, 0.15) is 32.1 Å². The van der Waals surface area contributed by atoms with Crippen molar-refractivity contribution < 1.29 is 18.3 Å². The first-order chi connectivity index (χ1) is 9.08. The molecule has 3 nitrogen and oxygen atoms in total. The summed E-state index contributed by atoms with van der Waals surface area (Å²) >= 11 is 0. The predicted octanol–water partition coefficient (Wildman–Crippen LogP) is 3.03. The Bertz CT molecular complexity index is 489. The molecule has 1 aliphatic heterocycles. The zero-order chi connectivity index (χ0) is 13.5. The molecule has 2 aliphatic rings. The molecule has 5 heteroatoms. The largest absolute Gasteiger partial charge is 0.487 e.